The van der Waals surface area contributed by atoms with Crippen molar-refractivity contribution in [3.05, 3.63) is 0 Å². The van der Waals surface area contributed by atoms with Gasteiger partial charge >= 0.3 is 0 Å². The number of hydrogen-bond acceptors (Lipinski definition) is 3. The average Bonchev–Trinajstić information content (AvgIpc) is 3.13. The fraction of sp³-hybridized carbons (Fsp3) is 0.842. The van der Waals surface area contributed by atoms with Crippen molar-refractivity contribution in [2.24, 2.45) is 5.92 Å². The quantitative estimate of drug-likeness (QED) is 0.795. The molecule has 6 nitrogen and oxygen atoms in total. The number of amides is 3. The van der Waals surface area contributed by atoms with Gasteiger partial charge in [-0.3, -0.25) is 14.4 Å². The first-order valence-corrected chi connectivity index (χ1v) is 9.50. The predicted octanol–water partition coefficient (Wildman–Crippen LogP) is 1.93. The Labute approximate surface area is 151 Å². The first-order valence-electron chi connectivity index (χ1n) is 9.50. The molecule has 142 valence electrons. The SMILES string of the molecule is CN(CC1CC(=O)N(C(C)(C)C)C1)C(=O)CCC(=O)NC1CCCC1. The summed E-state index contributed by atoms with van der Waals surface area (Å²) in [7, 11) is 1.77. The number of rotatable bonds is 6. The summed E-state index contributed by atoms with van der Waals surface area (Å²) in [4.78, 5) is 39.9. The maximum absolute atomic E-state index is 12.3. The minimum absolute atomic E-state index is 0.0244. The van der Waals surface area contributed by atoms with Crippen molar-refractivity contribution in [2.45, 2.75) is 77.3 Å². The number of carbonyl (C=O) groups is 3. The molecule has 1 saturated heterocycles. The van der Waals surface area contributed by atoms with E-state index in [1.807, 2.05) is 25.7 Å². The van der Waals surface area contributed by atoms with E-state index < -0.39 is 0 Å². The number of carbonyl (C=O) groups excluding carboxylic acids is 3. The second-order valence-corrected chi connectivity index (χ2v) is 8.57. The summed E-state index contributed by atoms with van der Waals surface area (Å²) in [6.07, 6.45) is 5.45. The second-order valence-electron chi connectivity index (χ2n) is 8.57. The Bertz CT molecular complexity index is 507. The zero-order chi connectivity index (χ0) is 18.6. The lowest BCUT2D eigenvalue weighted by molar-refractivity contribution is -0.133. The van der Waals surface area contributed by atoms with E-state index in [-0.39, 0.29) is 42.0 Å². The van der Waals surface area contributed by atoms with E-state index >= 15 is 0 Å². The van der Waals surface area contributed by atoms with E-state index in [2.05, 4.69) is 5.32 Å². The normalized spacial score (nSPS) is 21.7. The zero-order valence-corrected chi connectivity index (χ0v) is 16.1. The van der Waals surface area contributed by atoms with Gasteiger partial charge in [0.15, 0.2) is 0 Å². The van der Waals surface area contributed by atoms with Crippen LogP contribution in [-0.2, 0) is 14.4 Å². The molecule has 3 amide bonds. The van der Waals surface area contributed by atoms with Crippen molar-refractivity contribution < 1.29 is 14.4 Å². The van der Waals surface area contributed by atoms with Crippen LogP contribution in [0, 0.1) is 5.92 Å². The van der Waals surface area contributed by atoms with Crippen LogP contribution in [0.1, 0.15) is 65.7 Å². The maximum Gasteiger partial charge on any atom is 0.223 e. The monoisotopic (exact) mass is 351 g/mol. The standard InChI is InChI=1S/C19H33N3O3/c1-19(2,3)22-13-14(11-18(22)25)12-21(4)17(24)10-9-16(23)20-15-7-5-6-8-15/h14-15H,5-13H2,1-4H3,(H,20,23). The van der Waals surface area contributed by atoms with E-state index in [1.165, 1.54) is 12.8 Å². The molecular formula is C19H33N3O3. The summed E-state index contributed by atoms with van der Waals surface area (Å²) in [5.74, 6) is 0.286. The van der Waals surface area contributed by atoms with Gasteiger partial charge in [0, 0.05) is 56.9 Å². The van der Waals surface area contributed by atoms with Crippen LogP contribution < -0.4 is 5.32 Å². The summed E-state index contributed by atoms with van der Waals surface area (Å²) >= 11 is 0. The van der Waals surface area contributed by atoms with Crippen LogP contribution in [0.4, 0.5) is 0 Å². The Hall–Kier alpha value is -1.59. The topological polar surface area (TPSA) is 69.7 Å². The first kappa shape index (κ1) is 19.7. The van der Waals surface area contributed by atoms with Gasteiger partial charge in [-0.05, 0) is 33.6 Å². The average molecular weight is 351 g/mol. The van der Waals surface area contributed by atoms with Crippen LogP contribution in [0.25, 0.3) is 0 Å². The molecule has 1 atom stereocenters. The van der Waals surface area contributed by atoms with E-state index in [0.29, 0.717) is 25.6 Å². The lowest BCUT2D eigenvalue weighted by Crippen LogP contribution is -2.43. The Kier molecular flexibility index (Phi) is 6.47. The molecule has 1 aliphatic heterocycles. The number of hydrogen-bond donors (Lipinski definition) is 1. The highest BCUT2D eigenvalue weighted by Gasteiger charge is 2.36. The highest BCUT2D eigenvalue weighted by molar-refractivity contribution is 5.84. The third kappa shape index (κ3) is 5.72. The third-order valence-electron chi connectivity index (χ3n) is 5.26. The molecule has 0 bridgehead atoms. The molecule has 0 spiro atoms. The molecule has 0 radical (unpaired) electrons. The molecule has 6 heteroatoms. The first-order chi connectivity index (χ1) is 11.7. The van der Waals surface area contributed by atoms with E-state index in [9.17, 15) is 14.4 Å². The molecule has 1 aliphatic carbocycles. The number of likely N-dealkylation sites (tertiary alicyclic amines) is 1. The van der Waals surface area contributed by atoms with Crippen LogP contribution in [0.5, 0.6) is 0 Å². The number of nitrogens with one attached hydrogen (secondary N) is 1. The minimum atomic E-state index is -0.174. The van der Waals surface area contributed by atoms with Gasteiger partial charge in [0.1, 0.15) is 0 Å². The summed E-state index contributed by atoms with van der Waals surface area (Å²) in [6.45, 7) is 7.37. The van der Waals surface area contributed by atoms with Crippen molar-refractivity contribution >= 4 is 17.7 Å². The molecule has 0 aromatic rings. The van der Waals surface area contributed by atoms with Crippen molar-refractivity contribution in [3.8, 4) is 0 Å². The summed E-state index contributed by atoms with van der Waals surface area (Å²) in [5, 5.41) is 3.01. The minimum Gasteiger partial charge on any atom is -0.353 e. The van der Waals surface area contributed by atoms with Gasteiger partial charge in [0.25, 0.3) is 0 Å². The summed E-state index contributed by atoms with van der Waals surface area (Å²) in [6, 6.07) is 0.299. The molecule has 0 aromatic heterocycles. The van der Waals surface area contributed by atoms with Crippen molar-refractivity contribution in [1.29, 1.82) is 0 Å². The molecule has 1 unspecified atom stereocenters. The molecule has 1 heterocycles. The fourth-order valence-corrected chi connectivity index (χ4v) is 3.82. The molecule has 1 saturated carbocycles. The van der Waals surface area contributed by atoms with Gasteiger partial charge in [-0.2, -0.15) is 0 Å². The fourth-order valence-electron chi connectivity index (χ4n) is 3.82. The van der Waals surface area contributed by atoms with Gasteiger partial charge in [-0.15, -0.1) is 0 Å². The van der Waals surface area contributed by atoms with Crippen molar-refractivity contribution in [1.82, 2.24) is 15.1 Å². The molecule has 2 fully saturated rings. The van der Waals surface area contributed by atoms with E-state index in [0.717, 1.165) is 12.8 Å². The largest absolute Gasteiger partial charge is 0.353 e. The Balaban J connectivity index is 1.71. The van der Waals surface area contributed by atoms with Crippen LogP contribution in [0.2, 0.25) is 0 Å². The van der Waals surface area contributed by atoms with Gasteiger partial charge in [-0.25, -0.2) is 0 Å². The van der Waals surface area contributed by atoms with Crippen LogP contribution >= 0.6 is 0 Å². The summed E-state index contributed by atoms with van der Waals surface area (Å²) in [5.41, 5.74) is -0.174. The van der Waals surface area contributed by atoms with Gasteiger partial charge in [0.05, 0.1) is 0 Å². The molecular weight excluding hydrogens is 318 g/mol. The predicted molar refractivity (Wildman–Crippen MR) is 96.8 cm³/mol. The molecule has 25 heavy (non-hydrogen) atoms. The van der Waals surface area contributed by atoms with Crippen molar-refractivity contribution in [3.63, 3.8) is 0 Å². The van der Waals surface area contributed by atoms with Crippen LogP contribution in [-0.4, -0.2) is 59.2 Å². The smallest absolute Gasteiger partial charge is 0.223 e. The second kappa shape index (κ2) is 8.19. The van der Waals surface area contributed by atoms with Crippen LogP contribution in [0.15, 0.2) is 0 Å². The van der Waals surface area contributed by atoms with Crippen molar-refractivity contribution in [2.75, 3.05) is 20.1 Å². The highest BCUT2D eigenvalue weighted by atomic mass is 16.2. The Morgan fingerprint density at radius 2 is 1.84 bits per heavy atom. The molecule has 2 aliphatic rings. The van der Waals surface area contributed by atoms with Gasteiger partial charge in [-0.1, -0.05) is 12.8 Å². The highest BCUT2D eigenvalue weighted by Crippen LogP contribution is 2.26. The molecule has 1 N–H and O–H groups in total. The van der Waals surface area contributed by atoms with Crippen LogP contribution in [0.3, 0.4) is 0 Å². The maximum atomic E-state index is 12.3. The van der Waals surface area contributed by atoms with E-state index in [1.54, 1.807) is 11.9 Å². The lowest BCUT2D eigenvalue weighted by atomic mass is 10.1. The number of nitrogens with zero attached hydrogens (tertiary/aromatic N) is 2. The van der Waals surface area contributed by atoms with Gasteiger partial charge in [0.2, 0.25) is 17.7 Å². The lowest BCUT2D eigenvalue weighted by Gasteiger charge is -2.32. The third-order valence-corrected chi connectivity index (χ3v) is 5.26. The zero-order valence-electron chi connectivity index (χ0n) is 16.1. The molecule has 0 aromatic carbocycles. The Morgan fingerprint density at radius 1 is 1.20 bits per heavy atom. The van der Waals surface area contributed by atoms with Gasteiger partial charge < -0.3 is 15.1 Å². The summed E-state index contributed by atoms with van der Waals surface area (Å²) < 4.78 is 0. The Morgan fingerprint density at radius 3 is 2.40 bits per heavy atom. The molecule has 2 rings (SSSR count). The van der Waals surface area contributed by atoms with E-state index in [4.69, 9.17) is 0 Å².